The second kappa shape index (κ2) is 6.41. The number of hydrogen-bond donors (Lipinski definition) is 3. The maximum Gasteiger partial charge on any atom is 0.318 e. The second-order valence-corrected chi connectivity index (χ2v) is 3.65. The lowest BCUT2D eigenvalue weighted by atomic mass is 10.2. The van der Waals surface area contributed by atoms with Crippen LogP contribution in [0.3, 0.4) is 0 Å². The van der Waals surface area contributed by atoms with Gasteiger partial charge in [-0.3, -0.25) is 10.1 Å². The van der Waals surface area contributed by atoms with E-state index in [2.05, 4.69) is 5.32 Å². The van der Waals surface area contributed by atoms with Crippen LogP contribution in [0.2, 0.25) is 0 Å². The van der Waals surface area contributed by atoms with E-state index in [9.17, 15) is 9.59 Å². The van der Waals surface area contributed by atoms with Crippen molar-refractivity contribution in [1.29, 1.82) is 0 Å². The van der Waals surface area contributed by atoms with E-state index in [4.69, 9.17) is 15.2 Å². The van der Waals surface area contributed by atoms with Crippen molar-refractivity contribution in [2.45, 2.75) is 19.1 Å². The number of ether oxygens (including phenoxy) is 2. The van der Waals surface area contributed by atoms with Gasteiger partial charge in [-0.1, -0.05) is 0 Å². The van der Waals surface area contributed by atoms with E-state index >= 15 is 0 Å². The Bertz CT molecular complexity index is 259. The summed E-state index contributed by atoms with van der Waals surface area (Å²) in [6.07, 6.45) is 0.0759. The first-order valence-electron chi connectivity index (χ1n) is 5.11. The van der Waals surface area contributed by atoms with Gasteiger partial charge in [-0.15, -0.1) is 0 Å². The van der Waals surface area contributed by atoms with Crippen molar-refractivity contribution >= 4 is 11.9 Å². The van der Waals surface area contributed by atoms with Gasteiger partial charge in [0.05, 0.1) is 18.8 Å². The Kier molecular flexibility index (Phi) is 5.17. The van der Waals surface area contributed by atoms with Crippen molar-refractivity contribution in [3.05, 3.63) is 0 Å². The van der Waals surface area contributed by atoms with Gasteiger partial charge in [-0.2, -0.15) is 0 Å². The average Bonchev–Trinajstić information content (AvgIpc) is 2.16. The lowest BCUT2D eigenvalue weighted by molar-refractivity contribution is -0.127. The van der Waals surface area contributed by atoms with E-state index in [1.54, 1.807) is 0 Å². The third kappa shape index (κ3) is 5.06. The van der Waals surface area contributed by atoms with Crippen LogP contribution in [-0.2, 0) is 14.3 Å². The first kappa shape index (κ1) is 12.9. The summed E-state index contributed by atoms with van der Waals surface area (Å²) in [5.41, 5.74) is 4.76. The molecule has 1 aliphatic rings. The van der Waals surface area contributed by atoms with E-state index in [1.165, 1.54) is 0 Å². The largest absolute Gasteiger partial charge is 0.370 e. The monoisotopic (exact) mass is 231 g/mol. The number of amides is 3. The SMILES string of the molecule is CC1CNCC(COCC(=O)NC(N)=O)O1. The Morgan fingerprint density at radius 1 is 1.56 bits per heavy atom. The summed E-state index contributed by atoms with van der Waals surface area (Å²) >= 11 is 0. The Hall–Kier alpha value is -1.18. The lowest BCUT2D eigenvalue weighted by Gasteiger charge is -2.28. The Morgan fingerprint density at radius 3 is 2.94 bits per heavy atom. The minimum absolute atomic E-state index is 0.0647. The zero-order chi connectivity index (χ0) is 12.0. The molecule has 1 fully saturated rings. The van der Waals surface area contributed by atoms with Gasteiger partial charge in [-0.05, 0) is 6.92 Å². The molecule has 1 heterocycles. The minimum atomic E-state index is -0.877. The first-order valence-corrected chi connectivity index (χ1v) is 5.11. The van der Waals surface area contributed by atoms with E-state index < -0.39 is 11.9 Å². The summed E-state index contributed by atoms with van der Waals surface area (Å²) in [4.78, 5) is 21.3. The van der Waals surface area contributed by atoms with Gasteiger partial charge in [0.1, 0.15) is 6.61 Å². The highest BCUT2D eigenvalue weighted by atomic mass is 16.5. The summed E-state index contributed by atoms with van der Waals surface area (Å²) in [7, 11) is 0. The molecule has 0 aromatic heterocycles. The van der Waals surface area contributed by atoms with Crippen LogP contribution >= 0.6 is 0 Å². The number of nitrogens with one attached hydrogen (secondary N) is 2. The molecule has 0 aromatic rings. The molecule has 3 amide bonds. The van der Waals surface area contributed by atoms with Crippen LogP contribution in [0.5, 0.6) is 0 Å². The minimum Gasteiger partial charge on any atom is -0.370 e. The fraction of sp³-hybridized carbons (Fsp3) is 0.778. The van der Waals surface area contributed by atoms with Gasteiger partial charge in [0.15, 0.2) is 0 Å². The zero-order valence-electron chi connectivity index (χ0n) is 9.19. The Morgan fingerprint density at radius 2 is 2.31 bits per heavy atom. The molecule has 7 heteroatoms. The number of carbonyl (C=O) groups is 2. The smallest absolute Gasteiger partial charge is 0.318 e. The standard InChI is InChI=1S/C9H17N3O4/c1-6-2-11-3-7(16-6)4-15-5-8(13)12-9(10)14/h6-7,11H,2-5H2,1H3,(H3,10,12,13,14). The third-order valence-electron chi connectivity index (χ3n) is 2.03. The highest BCUT2D eigenvalue weighted by molar-refractivity contribution is 5.94. The summed E-state index contributed by atoms with van der Waals surface area (Å²) in [5.74, 6) is -0.552. The van der Waals surface area contributed by atoms with Crippen LogP contribution < -0.4 is 16.4 Å². The fourth-order valence-electron chi connectivity index (χ4n) is 1.43. The van der Waals surface area contributed by atoms with Crippen LogP contribution in [0.1, 0.15) is 6.92 Å². The van der Waals surface area contributed by atoms with Crippen molar-refractivity contribution in [3.8, 4) is 0 Å². The molecular formula is C9H17N3O4. The second-order valence-electron chi connectivity index (χ2n) is 3.65. The number of hydrogen-bond acceptors (Lipinski definition) is 5. The molecule has 7 nitrogen and oxygen atoms in total. The van der Waals surface area contributed by atoms with E-state index in [0.717, 1.165) is 6.54 Å². The number of rotatable bonds is 4. The van der Waals surface area contributed by atoms with E-state index in [-0.39, 0.29) is 18.8 Å². The normalized spacial score (nSPS) is 25.1. The summed E-state index contributed by atoms with van der Waals surface area (Å²) in [6.45, 7) is 3.58. The van der Waals surface area contributed by atoms with Crippen molar-refractivity contribution in [2.24, 2.45) is 5.73 Å². The van der Waals surface area contributed by atoms with Gasteiger partial charge in [-0.25, -0.2) is 4.79 Å². The van der Waals surface area contributed by atoms with Gasteiger partial charge in [0.25, 0.3) is 5.91 Å². The summed E-state index contributed by atoms with van der Waals surface area (Å²) in [6, 6.07) is -0.877. The van der Waals surface area contributed by atoms with Crippen LogP contribution in [0.4, 0.5) is 4.79 Å². The van der Waals surface area contributed by atoms with Crippen LogP contribution in [0.25, 0.3) is 0 Å². The van der Waals surface area contributed by atoms with E-state index in [0.29, 0.717) is 13.2 Å². The summed E-state index contributed by atoms with van der Waals surface area (Å²) in [5, 5.41) is 5.08. The molecule has 0 spiro atoms. The number of nitrogens with two attached hydrogens (primary N) is 1. The topological polar surface area (TPSA) is 103 Å². The molecule has 1 rings (SSSR count). The van der Waals surface area contributed by atoms with Gasteiger partial charge in [0, 0.05) is 13.1 Å². The summed E-state index contributed by atoms with van der Waals surface area (Å²) < 4.78 is 10.6. The molecule has 92 valence electrons. The zero-order valence-corrected chi connectivity index (χ0v) is 9.19. The molecule has 2 atom stereocenters. The predicted octanol–water partition coefficient (Wildman–Crippen LogP) is -1.43. The Balaban J connectivity index is 2.10. The van der Waals surface area contributed by atoms with Gasteiger partial charge >= 0.3 is 6.03 Å². The van der Waals surface area contributed by atoms with Crippen molar-refractivity contribution in [3.63, 3.8) is 0 Å². The molecule has 0 radical (unpaired) electrons. The highest BCUT2D eigenvalue weighted by Gasteiger charge is 2.19. The molecule has 0 bridgehead atoms. The molecule has 16 heavy (non-hydrogen) atoms. The van der Waals surface area contributed by atoms with Crippen molar-refractivity contribution < 1.29 is 19.1 Å². The van der Waals surface area contributed by atoms with E-state index in [1.807, 2.05) is 12.2 Å². The molecule has 0 saturated carbocycles. The molecule has 1 saturated heterocycles. The average molecular weight is 231 g/mol. The number of primary amides is 1. The maximum atomic E-state index is 11.0. The molecule has 0 aliphatic carbocycles. The predicted molar refractivity (Wildman–Crippen MR) is 55.7 cm³/mol. The molecule has 0 aromatic carbocycles. The molecule has 2 unspecified atom stereocenters. The molecule has 4 N–H and O–H groups in total. The van der Waals surface area contributed by atoms with Crippen molar-refractivity contribution in [2.75, 3.05) is 26.3 Å². The first-order chi connectivity index (χ1) is 7.58. The highest BCUT2D eigenvalue weighted by Crippen LogP contribution is 2.03. The Labute approximate surface area is 93.6 Å². The number of urea groups is 1. The van der Waals surface area contributed by atoms with Crippen LogP contribution in [0.15, 0.2) is 0 Å². The number of imide groups is 1. The quantitative estimate of drug-likeness (QED) is 0.550. The third-order valence-corrected chi connectivity index (χ3v) is 2.03. The van der Waals surface area contributed by atoms with Gasteiger partial charge < -0.3 is 20.5 Å². The molecular weight excluding hydrogens is 214 g/mol. The molecule has 1 aliphatic heterocycles. The van der Waals surface area contributed by atoms with Crippen LogP contribution in [-0.4, -0.2) is 50.4 Å². The lowest BCUT2D eigenvalue weighted by Crippen LogP contribution is -2.46. The number of morpholine rings is 1. The van der Waals surface area contributed by atoms with Crippen LogP contribution in [0, 0.1) is 0 Å². The number of carbonyl (C=O) groups excluding carboxylic acids is 2. The fourth-order valence-corrected chi connectivity index (χ4v) is 1.43. The maximum absolute atomic E-state index is 11.0. The van der Waals surface area contributed by atoms with Crippen molar-refractivity contribution in [1.82, 2.24) is 10.6 Å². The van der Waals surface area contributed by atoms with Gasteiger partial charge in [0.2, 0.25) is 0 Å².